The molecule has 24 heavy (non-hydrogen) atoms. The normalized spacial score (nSPS) is 13.8. The molecule has 1 unspecified atom stereocenters. The summed E-state index contributed by atoms with van der Waals surface area (Å²) in [4.78, 5) is 6.21. The molecular formula is C19H26N2O3. The van der Waals surface area contributed by atoms with E-state index in [0.717, 1.165) is 25.4 Å². The van der Waals surface area contributed by atoms with E-state index in [1.165, 1.54) is 5.56 Å². The molecule has 1 aromatic heterocycles. The van der Waals surface area contributed by atoms with Gasteiger partial charge in [0.2, 0.25) is 0 Å². The molecule has 0 bridgehead atoms. The summed E-state index contributed by atoms with van der Waals surface area (Å²) in [5.74, 6) is 1.35. The second-order valence-corrected chi connectivity index (χ2v) is 5.67. The Morgan fingerprint density at radius 3 is 2.54 bits per heavy atom. The van der Waals surface area contributed by atoms with Gasteiger partial charge < -0.3 is 14.6 Å². The Hall–Kier alpha value is -2.11. The van der Waals surface area contributed by atoms with E-state index in [0.29, 0.717) is 19.1 Å². The number of aliphatic hydroxyl groups is 1. The Labute approximate surface area is 143 Å². The summed E-state index contributed by atoms with van der Waals surface area (Å²) in [6.45, 7) is 7.80. The number of pyridine rings is 1. The van der Waals surface area contributed by atoms with E-state index in [9.17, 15) is 5.11 Å². The van der Waals surface area contributed by atoms with Crippen LogP contribution in [0, 0.1) is 0 Å². The van der Waals surface area contributed by atoms with Crippen molar-refractivity contribution in [1.29, 1.82) is 0 Å². The first-order chi connectivity index (χ1) is 11.7. The molecule has 0 saturated heterocycles. The van der Waals surface area contributed by atoms with Crippen LogP contribution in [-0.4, -0.2) is 47.4 Å². The Balaban J connectivity index is 0.000000182. The second-order valence-electron chi connectivity index (χ2n) is 5.67. The summed E-state index contributed by atoms with van der Waals surface area (Å²) >= 11 is 0. The van der Waals surface area contributed by atoms with Crippen LogP contribution in [0.2, 0.25) is 0 Å². The third-order valence-corrected chi connectivity index (χ3v) is 3.53. The Bertz CT molecular complexity index is 565. The van der Waals surface area contributed by atoms with Crippen molar-refractivity contribution in [3.8, 4) is 11.6 Å². The zero-order chi connectivity index (χ0) is 17.2. The fourth-order valence-corrected chi connectivity index (χ4v) is 2.41. The van der Waals surface area contributed by atoms with Crippen molar-refractivity contribution in [2.24, 2.45) is 0 Å². The van der Waals surface area contributed by atoms with E-state index in [-0.39, 0.29) is 6.10 Å². The van der Waals surface area contributed by atoms with Gasteiger partial charge in [0.05, 0.1) is 6.10 Å². The second kappa shape index (κ2) is 9.90. The lowest BCUT2D eigenvalue weighted by Crippen LogP contribution is -2.30. The Kier molecular flexibility index (Phi) is 7.52. The van der Waals surface area contributed by atoms with Gasteiger partial charge in [-0.15, -0.1) is 0 Å². The third-order valence-electron chi connectivity index (χ3n) is 3.53. The van der Waals surface area contributed by atoms with E-state index in [1.54, 1.807) is 6.20 Å². The number of hydrogen-bond donors (Lipinski definition) is 1. The largest absolute Gasteiger partial charge is 0.484 e. The summed E-state index contributed by atoms with van der Waals surface area (Å²) in [7, 11) is 0. The van der Waals surface area contributed by atoms with Gasteiger partial charge in [-0.25, -0.2) is 4.98 Å². The van der Waals surface area contributed by atoms with Crippen LogP contribution in [-0.2, 0) is 6.54 Å². The molecule has 1 aliphatic heterocycles. The van der Waals surface area contributed by atoms with Gasteiger partial charge in [-0.2, -0.15) is 0 Å². The van der Waals surface area contributed by atoms with Crippen LogP contribution in [0.15, 0.2) is 48.7 Å². The van der Waals surface area contributed by atoms with E-state index < -0.39 is 0 Å². The Morgan fingerprint density at radius 1 is 1.12 bits per heavy atom. The predicted molar refractivity (Wildman–Crippen MR) is 94.3 cm³/mol. The molecule has 5 nitrogen and oxygen atoms in total. The van der Waals surface area contributed by atoms with Crippen LogP contribution in [0.4, 0.5) is 0 Å². The van der Waals surface area contributed by atoms with Crippen molar-refractivity contribution >= 4 is 0 Å². The number of aromatic nitrogens is 1. The van der Waals surface area contributed by atoms with E-state index >= 15 is 0 Å². The van der Waals surface area contributed by atoms with Crippen LogP contribution in [0.3, 0.4) is 0 Å². The summed E-state index contributed by atoms with van der Waals surface area (Å²) in [6.07, 6.45) is 1.44. The number of aliphatic hydroxyl groups excluding tert-OH is 1. The maximum Gasteiger partial charge on any atom is 0.257 e. The SMILES string of the molecule is CCN(Cc1ccccc1)CC(C)O.c1cnc2c(c1)OCCO2. The molecule has 1 N–H and O–H groups in total. The van der Waals surface area contributed by atoms with Gasteiger partial charge in [-0.05, 0) is 31.2 Å². The standard InChI is InChI=1S/C12H19NO.C7H7NO2/c1-3-13(9-11(2)14)10-12-7-5-4-6-8-12;1-2-6-7(8-3-1)10-5-4-9-6/h4-8,11,14H,3,9-10H2,1-2H3;1-3H,4-5H2. The van der Waals surface area contributed by atoms with Crippen molar-refractivity contribution < 1.29 is 14.6 Å². The minimum Gasteiger partial charge on any atom is -0.484 e. The van der Waals surface area contributed by atoms with Gasteiger partial charge in [0, 0.05) is 19.3 Å². The van der Waals surface area contributed by atoms with Gasteiger partial charge in [0.15, 0.2) is 5.75 Å². The average Bonchev–Trinajstić information content (AvgIpc) is 2.62. The molecule has 0 amide bonds. The van der Waals surface area contributed by atoms with Crippen LogP contribution in [0.1, 0.15) is 19.4 Å². The number of nitrogens with zero attached hydrogens (tertiary/aromatic N) is 2. The quantitative estimate of drug-likeness (QED) is 0.913. The predicted octanol–water partition coefficient (Wildman–Crippen LogP) is 2.74. The first-order valence-corrected chi connectivity index (χ1v) is 8.34. The van der Waals surface area contributed by atoms with Crippen molar-refractivity contribution in [3.63, 3.8) is 0 Å². The molecule has 1 aromatic carbocycles. The monoisotopic (exact) mass is 330 g/mol. The van der Waals surface area contributed by atoms with Crippen LogP contribution in [0.25, 0.3) is 0 Å². The van der Waals surface area contributed by atoms with Gasteiger partial charge in [0.1, 0.15) is 13.2 Å². The summed E-state index contributed by atoms with van der Waals surface area (Å²) in [5, 5.41) is 9.29. The maximum absolute atomic E-state index is 9.29. The minimum absolute atomic E-state index is 0.251. The molecule has 2 aromatic rings. The molecule has 3 rings (SSSR count). The highest BCUT2D eigenvalue weighted by Gasteiger charge is 2.10. The number of likely N-dealkylation sites (N-methyl/N-ethyl adjacent to an activating group) is 1. The lowest BCUT2D eigenvalue weighted by atomic mass is 10.2. The highest BCUT2D eigenvalue weighted by molar-refractivity contribution is 5.33. The molecule has 130 valence electrons. The third kappa shape index (κ3) is 6.18. The Morgan fingerprint density at radius 2 is 1.88 bits per heavy atom. The number of fused-ring (bicyclic) bond motifs is 1. The molecular weight excluding hydrogens is 304 g/mol. The molecule has 1 aliphatic rings. The fraction of sp³-hybridized carbons (Fsp3) is 0.421. The van der Waals surface area contributed by atoms with E-state index in [2.05, 4.69) is 28.9 Å². The van der Waals surface area contributed by atoms with Gasteiger partial charge in [0.25, 0.3) is 5.88 Å². The zero-order valence-corrected chi connectivity index (χ0v) is 14.4. The molecule has 2 heterocycles. The van der Waals surface area contributed by atoms with Crippen LogP contribution in [0.5, 0.6) is 11.6 Å². The first-order valence-electron chi connectivity index (χ1n) is 8.34. The lowest BCUT2D eigenvalue weighted by Gasteiger charge is -2.21. The van der Waals surface area contributed by atoms with E-state index in [1.807, 2.05) is 37.3 Å². The van der Waals surface area contributed by atoms with Gasteiger partial charge in [-0.1, -0.05) is 37.3 Å². The highest BCUT2D eigenvalue weighted by Crippen LogP contribution is 2.25. The number of hydrogen-bond acceptors (Lipinski definition) is 5. The topological polar surface area (TPSA) is 54.8 Å². The lowest BCUT2D eigenvalue weighted by molar-refractivity contribution is 0.126. The molecule has 0 aliphatic carbocycles. The molecule has 0 spiro atoms. The van der Waals surface area contributed by atoms with Crippen LogP contribution >= 0.6 is 0 Å². The smallest absolute Gasteiger partial charge is 0.257 e. The first kappa shape index (κ1) is 18.2. The van der Waals surface area contributed by atoms with Crippen molar-refractivity contribution in [2.75, 3.05) is 26.3 Å². The zero-order valence-electron chi connectivity index (χ0n) is 14.4. The fourth-order valence-electron chi connectivity index (χ4n) is 2.41. The highest BCUT2D eigenvalue weighted by atomic mass is 16.6. The molecule has 0 radical (unpaired) electrons. The minimum atomic E-state index is -0.251. The average molecular weight is 330 g/mol. The summed E-state index contributed by atoms with van der Waals surface area (Å²) in [6, 6.07) is 14.0. The summed E-state index contributed by atoms with van der Waals surface area (Å²) < 4.78 is 10.4. The van der Waals surface area contributed by atoms with Gasteiger partial charge >= 0.3 is 0 Å². The molecule has 5 heteroatoms. The van der Waals surface area contributed by atoms with Crippen molar-refractivity contribution in [1.82, 2.24) is 9.88 Å². The molecule has 0 fully saturated rings. The van der Waals surface area contributed by atoms with Crippen LogP contribution < -0.4 is 9.47 Å². The van der Waals surface area contributed by atoms with Gasteiger partial charge in [-0.3, -0.25) is 4.90 Å². The van der Waals surface area contributed by atoms with Crippen molar-refractivity contribution in [2.45, 2.75) is 26.5 Å². The molecule has 0 saturated carbocycles. The van der Waals surface area contributed by atoms with Crippen molar-refractivity contribution in [3.05, 3.63) is 54.2 Å². The molecule has 1 atom stereocenters. The number of ether oxygens (including phenoxy) is 2. The number of rotatable bonds is 5. The number of benzene rings is 1. The summed E-state index contributed by atoms with van der Waals surface area (Å²) in [5.41, 5.74) is 1.30. The van der Waals surface area contributed by atoms with E-state index in [4.69, 9.17) is 9.47 Å². The maximum atomic E-state index is 9.29.